The normalized spacial score (nSPS) is 11.3. The lowest BCUT2D eigenvalue weighted by molar-refractivity contribution is -0.137. The van der Waals surface area contributed by atoms with Gasteiger partial charge in [0.15, 0.2) is 5.82 Å². The molecule has 1 amide bonds. The molecular formula is C15H13F3N2O3. The van der Waals surface area contributed by atoms with Crippen LogP contribution in [0.3, 0.4) is 0 Å². The number of nitrogens with zero attached hydrogens (tertiary/aromatic N) is 2. The summed E-state index contributed by atoms with van der Waals surface area (Å²) in [6.07, 6.45) is -3.64. The van der Waals surface area contributed by atoms with E-state index in [0.29, 0.717) is 11.1 Å². The quantitative estimate of drug-likeness (QED) is 0.858. The summed E-state index contributed by atoms with van der Waals surface area (Å²) < 4.78 is 38.4. The minimum Gasteiger partial charge on any atom is -0.394 e. The Hall–Kier alpha value is -2.45. The number of anilines is 1. The van der Waals surface area contributed by atoms with Crippen LogP contribution in [-0.2, 0) is 11.0 Å². The molecule has 1 N–H and O–H groups in total. The van der Waals surface area contributed by atoms with Gasteiger partial charge in [0.1, 0.15) is 0 Å². The summed E-state index contributed by atoms with van der Waals surface area (Å²) in [5.74, 6) is -1.01. The molecule has 122 valence electrons. The lowest BCUT2D eigenvalue weighted by Gasteiger charge is -2.21. The smallest absolute Gasteiger partial charge is 0.394 e. The summed E-state index contributed by atoms with van der Waals surface area (Å²) in [4.78, 5) is 21.2. The van der Waals surface area contributed by atoms with Crippen LogP contribution in [0.5, 0.6) is 0 Å². The molecule has 0 aliphatic carbocycles. The fourth-order valence-corrected chi connectivity index (χ4v) is 1.76. The monoisotopic (exact) mass is 326 g/mol. The number of hydrogen-bond acceptors (Lipinski definition) is 4. The van der Waals surface area contributed by atoms with E-state index in [2.05, 4.69) is 4.98 Å². The van der Waals surface area contributed by atoms with Gasteiger partial charge in [-0.3, -0.25) is 9.63 Å². The van der Waals surface area contributed by atoms with Gasteiger partial charge in [-0.2, -0.15) is 18.2 Å². The number of pyridine rings is 1. The number of benzene rings is 1. The van der Waals surface area contributed by atoms with Gasteiger partial charge in [0.05, 0.1) is 18.8 Å². The van der Waals surface area contributed by atoms with Crippen molar-refractivity contribution in [2.75, 3.05) is 18.3 Å². The highest BCUT2D eigenvalue weighted by atomic mass is 19.4. The van der Waals surface area contributed by atoms with E-state index in [-0.39, 0.29) is 18.0 Å². The Balaban J connectivity index is 2.37. The molecule has 0 bridgehead atoms. The maximum atomic E-state index is 12.8. The zero-order chi connectivity index (χ0) is 16.9. The summed E-state index contributed by atoms with van der Waals surface area (Å²) in [7, 11) is 0. The topological polar surface area (TPSA) is 62.7 Å². The number of hydrogen-bond donors (Lipinski definition) is 1. The van der Waals surface area contributed by atoms with Gasteiger partial charge in [0, 0.05) is 11.8 Å². The van der Waals surface area contributed by atoms with Crippen LogP contribution in [-0.4, -0.2) is 29.2 Å². The molecule has 0 aliphatic heterocycles. The van der Waals surface area contributed by atoms with E-state index in [9.17, 15) is 18.0 Å². The number of alkyl halides is 3. The van der Waals surface area contributed by atoms with Crippen LogP contribution in [0.1, 0.15) is 15.9 Å². The van der Waals surface area contributed by atoms with Gasteiger partial charge in [0.2, 0.25) is 0 Å². The van der Waals surface area contributed by atoms with E-state index >= 15 is 0 Å². The Morgan fingerprint density at radius 2 is 1.91 bits per heavy atom. The molecule has 8 heteroatoms. The Morgan fingerprint density at radius 1 is 1.22 bits per heavy atom. The van der Waals surface area contributed by atoms with Crippen molar-refractivity contribution >= 4 is 11.7 Å². The third-order valence-corrected chi connectivity index (χ3v) is 2.80. The summed E-state index contributed by atoms with van der Waals surface area (Å²) in [5.41, 5.74) is -0.745. The maximum Gasteiger partial charge on any atom is 0.416 e. The van der Waals surface area contributed by atoms with Crippen LogP contribution in [0, 0.1) is 0 Å². The van der Waals surface area contributed by atoms with Gasteiger partial charge in [-0.1, -0.05) is 18.2 Å². The van der Waals surface area contributed by atoms with Crippen LogP contribution in [0.25, 0.3) is 0 Å². The second-order valence-electron chi connectivity index (χ2n) is 4.42. The highest BCUT2D eigenvalue weighted by Gasteiger charge is 2.32. The number of carbonyl (C=O) groups is 1. The van der Waals surface area contributed by atoms with Crippen molar-refractivity contribution in [2.45, 2.75) is 6.18 Å². The van der Waals surface area contributed by atoms with Crippen LogP contribution >= 0.6 is 0 Å². The zero-order valence-corrected chi connectivity index (χ0v) is 11.8. The second kappa shape index (κ2) is 7.21. The van der Waals surface area contributed by atoms with E-state index < -0.39 is 24.3 Å². The van der Waals surface area contributed by atoms with Crippen molar-refractivity contribution in [3.63, 3.8) is 0 Å². The van der Waals surface area contributed by atoms with Crippen molar-refractivity contribution in [3.05, 3.63) is 59.8 Å². The molecule has 0 unspecified atom stereocenters. The minimum atomic E-state index is -4.57. The number of rotatable bonds is 5. The first-order chi connectivity index (χ1) is 10.9. The predicted molar refractivity (Wildman–Crippen MR) is 75.5 cm³/mol. The number of aliphatic hydroxyl groups is 1. The molecule has 2 aromatic rings. The number of aromatic nitrogens is 1. The summed E-state index contributed by atoms with van der Waals surface area (Å²) >= 11 is 0. The zero-order valence-electron chi connectivity index (χ0n) is 11.8. The highest BCUT2D eigenvalue weighted by Crippen LogP contribution is 2.31. The molecule has 1 heterocycles. The molecular weight excluding hydrogens is 313 g/mol. The van der Waals surface area contributed by atoms with Gasteiger partial charge in [-0.05, 0) is 24.3 Å². The Labute approximate surface area is 129 Å². The van der Waals surface area contributed by atoms with Gasteiger partial charge in [0.25, 0.3) is 5.91 Å². The number of carbonyl (C=O) groups excluding carboxylic acids is 1. The Kier molecular flexibility index (Phi) is 5.30. The molecule has 0 saturated heterocycles. The molecule has 1 aromatic heterocycles. The second-order valence-corrected chi connectivity index (χ2v) is 4.42. The van der Waals surface area contributed by atoms with Crippen LogP contribution in [0.2, 0.25) is 0 Å². The molecule has 23 heavy (non-hydrogen) atoms. The first kappa shape index (κ1) is 16.9. The van der Waals surface area contributed by atoms with E-state index in [1.807, 2.05) is 0 Å². The molecule has 2 rings (SSSR count). The molecule has 0 aliphatic rings. The molecule has 1 aromatic carbocycles. The van der Waals surface area contributed by atoms with Crippen molar-refractivity contribution in [3.8, 4) is 0 Å². The van der Waals surface area contributed by atoms with E-state index in [1.165, 1.54) is 12.1 Å². The molecule has 0 saturated carbocycles. The van der Waals surface area contributed by atoms with E-state index in [0.717, 1.165) is 12.3 Å². The van der Waals surface area contributed by atoms with Gasteiger partial charge < -0.3 is 5.11 Å². The molecule has 0 fully saturated rings. The number of aliphatic hydroxyl groups excluding tert-OH is 1. The van der Waals surface area contributed by atoms with Crippen molar-refractivity contribution in [2.24, 2.45) is 0 Å². The average molecular weight is 326 g/mol. The molecule has 0 atom stereocenters. The number of halogens is 3. The van der Waals surface area contributed by atoms with Crippen molar-refractivity contribution in [1.29, 1.82) is 0 Å². The third kappa shape index (κ3) is 4.27. The standard InChI is InChI=1S/C15H13F3N2O3/c16-15(17,18)12-6-7-19-13(10-12)20(23-9-8-21)14(22)11-4-2-1-3-5-11/h1-7,10,21H,8-9H2. The number of hydroxylamine groups is 1. The van der Waals surface area contributed by atoms with Gasteiger partial charge >= 0.3 is 6.18 Å². The highest BCUT2D eigenvalue weighted by molar-refractivity contribution is 6.04. The van der Waals surface area contributed by atoms with Gasteiger partial charge in [-0.25, -0.2) is 4.98 Å². The average Bonchev–Trinajstić information content (AvgIpc) is 2.55. The SMILES string of the molecule is O=C(c1ccccc1)N(OCCO)c1cc(C(F)(F)F)ccn1. The Bertz CT molecular complexity index is 663. The lowest BCUT2D eigenvalue weighted by Crippen LogP contribution is -2.33. The van der Waals surface area contributed by atoms with E-state index in [4.69, 9.17) is 9.94 Å². The fraction of sp³-hybridized carbons (Fsp3) is 0.200. The molecule has 5 nitrogen and oxygen atoms in total. The summed E-state index contributed by atoms with van der Waals surface area (Å²) in [5, 5.41) is 9.47. The minimum absolute atomic E-state index is 0.213. The third-order valence-electron chi connectivity index (χ3n) is 2.80. The molecule has 0 spiro atoms. The first-order valence-corrected chi connectivity index (χ1v) is 6.60. The van der Waals surface area contributed by atoms with Crippen molar-refractivity contribution in [1.82, 2.24) is 4.98 Å². The summed E-state index contributed by atoms with van der Waals surface area (Å²) in [6, 6.07) is 9.39. The maximum absolute atomic E-state index is 12.8. The Morgan fingerprint density at radius 3 is 2.52 bits per heavy atom. The number of amides is 1. The molecule has 0 radical (unpaired) electrons. The fourth-order valence-electron chi connectivity index (χ4n) is 1.76. The van der Waals surface area contributed by atoms with Crippen LogP contribution in [0.15, 0.2) is 48.7 Å². The predicted octanol–water partition coefficient (Wildman–Crippen LogP) is 2.67. The van der Waals surface area contributed by atoms with Gasteiger partial charge in [-0.15, -0.1) is 0 Å². The summed E-state index contributed by atoms with van der Waals surface area (Å²) in [6.45, 7) is -0.673. The first-order valence-electron chi connectivity index (χ1n) is 6.60. The van der Waals surface area contributed by atoms with Crippen molar-refractivity contribution < 1.29 is 27.9 Å². The van der Waals surface area contributed by atoms with Crippen LogP contribution < -0.4 is 5.06 Å². The lowest BCUT2D eigenvalue weighted by atomic mass is 10.2. The van der Waals surface area contributed by atoms with E-state index in [1.54, 1.807) is 18.2 Å². The van der Waals surface area contributed by atoms with Crippen LogP contribution in [0.4, 0.5) is 19.0 Å². The largest absolute Gasteiger partial charge is 0.416 e.